The van der Waals surface area contributed by atoms with Crippen molar-refractivity contribution in [3.05, 3.63) is 0 Å². The molecule has 86 valence electrons. The summed E-state index contributed by atoms with van der Waals surface area (Å²) in [5.74, 6) is 1.65. The summed E-state index contributed by atoms with van der Waals surface area (Å²) >= 11 is 5.95. The van der Waals surface area contributed by atoms with Gasteiger partial charge in [-0.1, -0.05) is 12.8 Å². The van der Waals surface area contributed by atoms with Crippen LogP contribution in [0.2, 0.25) is 0 Å². The number of carbonyl (C=O) groups excluding carboxylic acids is 1. The third kappa shape index (κ3) is 3.10. The van der Waals surface area contributed by atoms with E-state index in [2.05, 4.69) is 4.90 Å². The molecule has 0 aromatic rings. The minimum atomic E-state index is 0.306. The lowest BCUT2D eigenvalue weighted by Crippen LogP contribution is -2.41. The summed E-state index contributed by atoms with van der Waals surface area (Å²) in [7, 11) is 0. The van der Waals surface area contributed by atoms with Crippen molar-refractivity contribution in [2.45, 2.75) is 51.0 Å². The van der Waals surface area contributed by atoms with Crippen LogP contribution >= 0.6 is 11.6 Å². The molecule has 0 aromatic heterocycles. The SMILES string of the molecule is O=C(CC1CC1)N1CCCCCC1CCl. The van der Waals surface area contributed by atoms with Crippen molar-refractivity contribution >= 4 is 17.5 Å². The number of hydrogen-bond donors (Lipinski definition) is 0. The van der Waals surface area contributed by atoms with E-state index in [1.165, 1.54) is 25.7 Å². The molecular formula is C12H20ClNO. The molecule has 1 saturated heterocycles. The lowest BCUT2D eigenvalue weighted by atomic mass is 10.1. The molecule has 2 fully saturated rings. The van der Waals surface area contributed by atoms with Gasteiger partial charge < -0.3 is 4.90 Å². The van der Waals surface area contributed by atoms with Crippen LogP contribution < -0.4 is 0 Å². The molecule has 0 radical (unpaired) electrons. The van der Waals surface area contributed by atoms with Crippen LogP contribution in [0.3, 0.4) is 0 Å². The minimum Gasteiger partial charge on any atom is -0.339 e. The zero-order valence-electron chi connectivity index (χ0n) is 9.25. The van der Waals surface area contributed by atoms with E-state index in [-0.39, 0.29) is 0 Å². The lowest BCUT2D eigenvalue weighted by molar-refractivity contribution is -0.133. The Labute approximate surface area is 97.0 Å². The van der Waals surface area contributed by atoms with E-state index in [1.807, 2.05) is 0 Å². The summed E-state index contributed by atoms with van der Waals surface area (Å²) in [6, 6.07) is 0.306. The third-order valence-electron chi connectivity index (χ3n) is 3.54. The topological polar surface area (TPSA) is 20.3 Å². The van der Waals surface area contributed by atoms with Crippen LogP contribution in [0.15, 0.2) is 0 Å². The summed E-state index contributed by atoms with van der Waals surface area (Å²) in [5, 5.41) is 0. The number of halogens is 1. The van der Waals surface area contributed by atoms with E-state index < -0.39 is 0 Å². The highest BCUT2D eigenvalue weighted by molar-refractivity contribution is 6.18. The molecular weight excluding hydrogens is 210 g/mol. The maximum absolute atomic E-state index is 12.0. The van der Waals surface area contributed by atoms with Gasteiger partial charge in [0.05, 0.1) is 0 Å². The fraction of sp³-hybridized carbons (Fsp3) is 0.917. The van der Waals surface area contributed by atoms with Gasteiger partial charge in [0, 0.05) is 24.9 Å². The highest BCUT2D eigenvalue weighted by Crippen LogP contribution is 2.33. The summed E-state index contributed by atoms with van der Waals surface area (Å²) in [4.78, 5) is 14.1. The van der Waals surface area contributed by atoms with Gasteiger partial charge in [-0.05, 0) is 31.6 Å². The van der Waals surface area contributed by atoms with Gasteiger partial charge in [0.25, 0.3) is 0 Å². The maximum atomic E-state index is 12.0. The van der Waals surface area contributed by atoms with Crippen LogP contribution in [0.5, 0.6) is 0 Å². The van der Waals surface area contributed by atoms with Gasteiger partial charge in [-0.3, -0.25) is 4.79 Å². The second-order valence-electron chi connectivity index (χ2n) is 4.89. The first-order valence-corrected chi connectivity index (χ1v) is 6.70. The largest absolute Gasteiger partial charge is 0.339 e. The Bertz CT molecular complexity index is 228. The van der Waals surface area contributed by atoms with Gasteiger partial charge in [0.2, 0.25) is 5.91 Å². The van der Waals surface area contributed by atoms with E-state index in [1.54, 1.807) is 0 Å². The smallest absolute Gasteiger partial charge is 0.223 e. The van der Waals surface area contributed by atoms with Gasteiger partial charge in [0.1, 0.15) is 0 Å². The molecule has 1 amide bonds. The van der Waals surface area contributed by atoms with Crippen molar-refractivity contribution < 1.29 is 4.79 Å². The molecule has 1 aliphatic heterocycles. The molecule has 0 spiro atoms. The van der Waals surface area contributed by atoms with Crippen molar-refractivity contribution in [2.75, 3.05) is 12.4 Å². The normalized spacial score (nSPS) is 27.5. The fourth-order valence-electron chi connectivity index (χ4n) is 2.35. The molecule has 15 heavy (non-hydrogen) atoms. The number of rotatable bonds is 3. The summed E-state index contributed by atoms with van der Waals surface area (Å²) in [5.41, 5.74) is 0. The molecule has 2 aliphatic rings. The Hall–Kier alpha value is -0.240. The molecule has 2 nitrogen and oxygen atoms in total. The average Bonchev–Trinajstić information content (AvgIpc) is 3.02. The highest BCUT2D eigenvalue weighted by atomic mass is 35.5. The number of nitrogens with zero attached hydrogens (tertiary/aromatic N) is 1. The van der Waals surface area contributed by atoms with Gasteiger partial charge in [-0.2, -0.15) is 0 Å². The maximum Gasteiger partial charge on any atom is 0.223 e. The molecule has 2 rings (SSSR count). The average molecular weight is 230 g/mol. The molecule has 0 bridgehead atoms. The first-order chi connectivity index (χ1) is 7.31. The van der Waals surface area contributed by atoms with E-state index >= 15 is 0 Å². The van der Waals surface area contributed by atoms with Crippen LogP contribution in [0.4, 0.5) is 0 Å². The van der Waals surface area contributed by atoms with Crippen molar-refractivity contribution in [3.63, 3.8) is 0 Å². The van der Waals surface area contributed by atoms with Gasteiger partial charge >= 0.3 is 0 Å². The summed E-state index contributed by atoms with van der Waals surface area (Å²) in [6.45, 7) is 0.933. The molecule has 1 atom stereocenters. The van der Waals surface area contributed by atoms with Crippen molar-refractivity contribution in [3.8, 4) is 0 Å². The molecule has 3 heteroatoms. The number of alkyl halides is 1. The zero-order valence-corrected chi connectivity index (χ0v) is 10.0. The molecule has 1 heterocycles. The number of amides is 1. The molecule has 0 N–H and O–H groups in total. The molecule has 1 aliphatic carbocycles. The van der Waals surface area contributed by atoms with Crippen molar-refractivity contribution in [2.24, 2.45) is 5.92 Å². The van der Waals surface area contributed by atoms with Crippen LogP contribution in [0.1, 0.15) is 44.9 Å². The second kappa shape index (κ2) is 5.20. The monoisotopic (exact) mass is 229 g/mol. The quantitative estimate of drug-likeness (QED) is 0.682. The number of likely N-dealkylation sites (tertiary alicyclic amines) is 1. The minimum absolute atomic E-state index is 0.306. The van der Waals surface area contributed by atoms with E-state index in [0.717, 1.165) is 25.8 Å². The standard InChI is InChI=1S/C12H20ClNO/c13-9-11-4-2-1-3-7-14(11)12(15)8-10-5-6-10/h10-11H,1-9H2. The molecule has 1 saturated carbocycles. The Morgan fingerprint density at radius 2 is 2.00 bits per heavy atom. The number of carbonyl (C=O) groups is 1. The first-order valence-electron chi connectivity index (χ1n) is 6.16. The van der Waals surface area contributed by atoms with Crippen LogP contribution in [0, 0.1) is 5.92 Å². The Balaban J connectivity index is 1.91. The molecule has 0 aromatic carbocycles. The second-order valence-corrected chi connectivity index (χ2v) is 5.20. The van der Waals surface area contributed by atoms with Gasteiger partial charge in [-0.25, -0.2) is 0 Å². The highest BCUT2D eigenvalue weighted by Gasteiger charge is 2.30. The Morgan fingerprint density at radius 3 is 2.67 bits per heavy atom. The van der Waals surface area contributed by atoms with Crippen LogP contribution in [-0.4, -0.2) is 29.3 Å². The lowest BCUT2D eigenvalue weighted by Gasteiger charge is -2.28. The predicted octanol–water partition coefficient (Wildman–Crippen LogP) is 2.80. The Morgan fingerprint density at radius 1 is 1.20 bits per heavy atom. The fourth-order valence-corrected chi connectivity index (χ4v) is 2.67. The van der Waals surface area contributed by atoms with E-state index in [9.17, 15) is 4.79 Å². The Kier molecular flexibility index (Phi) is 3.90. The first kappa shape index (κ1) is 11.3. The van der Waals surface area contributed by atoms with E-state index in [0.29, 0.717) is 23.7 Å². The van der Waals surface area contributed by atoms with E-state index in [4.69, 9.17) is 11.6 Å². The number of hydrogen-bond acceptors (Lipinski definition) is 1. The zero-order chi connectivity index (χ0) is 10.7. The van der Waals surface area contributed by atoms with Crippen molar-refractivity contribution in [1.29, 1.82) is 0 Å². The van der Waals surface area contributed by atoms with Crippen LogP contribution in [0.25, 0.3) is 0 Å². The van der Waals surface area contributed by atoms with Crippen LogP contribution in [-0.2, 0) is 4.79 Å². The summed E-state index contributed by atoms with van der Waals surface area (Å²) in [6.07, 6.45) is 8.01. The van der Waals surface area contributed by atoms with Gasteiger partial charge in [0.15, 0.2) is 0 Å². The van der Waals surface area contributed by atoms with Gasteiger partial charge in [-0.15, -0.1) is 11.6 Å². The summed E-state index contributed by atoms with van der Waals surface area (Å²) < 4.78 is 0. The molecule has 1 unspecified atom stereocenters. The van der Waals surface area contributed by atoms with Crippen molar-refractivity contribution in [1.82, 2.24) is 4.90 Å². The predicted molar refractivity (Wildman–Crippen MR) is 62.0 cm³/mol. The third-order valence-corrected chi connectivity index (χ3v) is 3.89.